The lowest BCUT2D eigenvalue weighted by atomic mass is 10.1. The molecule has 0 N–H and O–H groups in total. The van der Waals surface area contributed by atoms with Gasteiger partial charge in [0.25, 0.3) is 0 Å². The zero-order valence-corrected chi connectivity index (χ0v) is 20.1. The van der Waals surface area contributed by atoms with Gasteiger partial charge in [0.15, 0.2) is 11.6 Å². The molecule has 5 aromatic carbocycles. The van der Waals surface area contributed by atoms with E-state index in [0.29, 0.717) is 40.0 Å². The molecule has 7 aromatic rings. The Morgan fingerprint density at radius 1 is 0.513 bits per heavy atom. The molecule has 7 rings (SSSR count). The maximum absolute atomic E-state index is 15.1. The van der Waals surface area contributed by atoms with Crippen LogP contribution in [-0.2, 0) is 0 Å². The molecule has 0 saturated carbocycles. The summed E-state index contributed by atoms with van der Waals surface area (Å²) in [6, 6.07) is 29.2. The number of nitrogens with zero attached hydrogens (tertiary/aromatic N) is 4. The van der Waals surface area contributed by atoms with Crippen molar-refractivity contribution in [1.82, 2.24) is 9.13 Å². The van der Waals surface area contributed by atoms with Crippen molar-refractivity contribution < 1.29 is 13.2 Å². The lowest BCUT2D eigenvalue weighted by Gasteiger charge is -2.12. The predicted molar refractivity (Wildman–Crippen MR) is 144 cm³/mol. The van der Waals surface area contributed by atoms with Crippen LogP contribution in [0.3, 0.4) is 0 Å². The minimum absolute atomic E-state index is 0.342. The van der Waals surface area contributed by atoms with Gasteiger partial charge < -0.3 is 9.13 Å². The lowest BCUT2D eigenvalue weighted by molar-refractivity contribution is 0.537. The largest absolute Gasteiger partial charge is 0.307 e. The summed E-state index contributed by atoms with van der Waals surface area (Å²) in [7, 11) is 0. The molecule has 0 unspecified atom stereocenters. The molecule has 0 fully saturated rings. The third kappa shape index (κ3) is 3.05. The van der Waals surface area contributed by atoms with Crippen LogP contribution in [0.5, 0.6) is 0 Å². The molecule has 0 aliphatic carbocycles. The van der Waals surface area contributed by atoms with Gasteiger partial charge in [-0.2, -0.15) is 10.5 Å². The number of halogens is 3. The van der Waals surface area contributed by atoms with Crippen LogP contribution in [0.4, 0.5) is 13.2 Å². The summed E-state index contributed by atoms with van der Waals surface area (Å²) in [6.45, 7) is 0. The Morgan fingerprint density at radius 3 is 1.46 bits per heavy atom. The summed E-state index contributed by atoms with van der Waals surface area (Å²) in [5, 5.41) is 23.0. The highest BCUT2D eigenvalue weighted by molar-refractivity contribution is 6.29. The summed E-state index contributed by atoms with van der Waals surface area (Å²) in [4.78, 5) is 0. The Morgan fingerprint density at radius 2 is 0.974 bits per heavy atom. The van der Waals surface area contributed by atoms with E-state index in [1.54, 1.807) is 36.4 Å². The Balaban J connectivity index is 1.74. The first-order valence-corrected chi connectivity index (χ1v) is 12.1. The van der Waals surface area contributed by atoms with Crippen LogP contribution < -0.4 is 0 Å². The van der Waals surface area contributed by atoms with E-state index in [-0.39, 0.29) is 5.69 Å². The van der Waals surface area contributed by atoms with Crippen molar-refractivity contribution >= 4 is 43.6 Å². The monoisotopic (exact) mass is 512 g/mol. The molecule has 39 heavy (non-hydrogen) atoms. The normalized spacial score (nSPS) is 11.4. The molecule has 0 spiro atoms. The molecule has 0 atom stereocenters. The number of hydrogen-bond donors (Lipinski definition) is 0. The predicted octanol–water partition coefficient (Wildman–Crippen LogP) is 8.04. The number of hydrogen-bond acceptors (Lipinski definition) is 2. The summed E-state index contributed by atoms with van der Waals surface area (Å²) < 4.78 is 47.4. The number of aromatic nitrogens is 2. The average molecular weight is 512 g/mol. The second-order valence-electron chi connectivity index (χ2n) is 9.20. The number of para-hydroxylation sites is 3. The van der Waals surface area contributed by atoms with E-state index >= 15 is 8.78 Å². The van der Waals surface area contributed by atoms with E-state index in [0.717, 1.165) is 32.6 Å². The second-order valence-corrected chi connectivity index (χ2v) is 9.20. The third-order valence-corrected chi connectivity index (χ3v) is 7.18. The highest BCUT2D eigenvalue weighted by Gasteiger charge is 2.24. The molecular formula is C32H15F3N4. The fourth-order valence-corrected chi connectivity index (χ4v) is 5.71. The fourth-order valence-electron chi connectivity index (χ4n) is 5.71. The molecule has 0 bridgehead atoms. The molecular weight excluding hydrogens is 497 g/mol. The molecule has 0 radical (unpaired) electrons. The SMILES string of the molecule is N#Cc1cccc(C#N)c1-n1c2ccccc2c2c3c4ccccc4n(-c4c(F)cc(F)cc4F)c3ccc21. The van der Waals surface area contributed by atoms with Gasteiger partial charge in [-0.1, -0.05) is 42.5 Å². The fraction of sp³-hybridized carbons (Fsp3) is 0. The van der Waals surface area contributed by atoms with E-state index in [1.807, 2.05) is 47.0 Å². The quantitative estimate of drug-likeness (QED) is 0.235. The van der Waals surface area contributed by atoms with Gasteiger partial charge in [0.1, 0.15) is 23.6 Å². The first kappa shape index (κ1) is 22.7. The number of rotatable bonds is 2. The smallest absolute Gasteiger partial charge is 0.153 e. The summed E-state index contributed by atoms with van der Waals surface area (Å²) in [6.07, 6.45) is 0. The first-order chi connectivity index (χ1) is 19.0. The Kier molecular flexibility index (Phi) is 4.79. The summed E-state index contributed by atoms with van der Waals surface area (Å²) in [5.41, 5.74) is 3.37. The van der Waals surface area contributed by atoms with E-state index in [2.05, 4.69) is 12.1 Å². The van der Waals surface area contributed by atoms with Crippen LogP contribution in [0.1, 0.15) is 11.1 Å². The maximum atomic E-state index is 15.1. The number of nitriles is 2. The van der Waals surface area contributed by atoms with Crippen molar-refractivity contribution in [1.29, 1.82) is 10.5 Å². The Labute approximate surface area is 219 Å². The van der Waals surface area contributed by atoms with Crippen molar-refractivity contribution in [3.8, 4) is 23.5 Å². The number of fused-ring (bicyclic) bond motifs is 7. The topological polar surface area (TPSA) is 57.4 Å². The van der Waals surface area contributed by atoms with Crippen molar-refractivity contribution in [3.63, 3.8) is 0 Å². The van der Waals surface area contributed by atoms with Crippen LogP contribution in [0.15, 0.2) is 91.0 Å². The van der Waals surface area contributed by atoms with Gasteiger partial charge in [-0.25, -0.2) is 13.2 Å². The number of benzene rings is 5. The highest BCUT2D eigenvalue weighted by Crippen LogP contribution is 2.43. The van der Waals surface area contributed by atoms with Crippen molar-refractivity contribution in [3.05, 3.63) is 120 Å². The van der Waals surface area contributed by atoms with Crippen molar-refractivity contribution in [2.45, 2.75) is 0 Å². The summed E-state index contributed by atoms with van der Waals surface area (Å²) >= 11 is 0. The molecule has 0 aliphatic heterocycles. The van der Waals surface area contributed by atoms with Crippen LogP contribution in [0, 0.1) is 40.1 Å². The molecule has 4 nitrogen and oxygen atoms in total. The van der Waals surface area contributed by atoms with E-state index in [4.69, 9.17) is 0 Å². The van der Waals surface area contributed by atoms with Gasteiger partial charge in [0, 0.05) is 33.7 Å². The molecule has 7 heteroatoms. The molecule has 2 aromatic heterocycles. The van der Waals surface area contributed by atoms with Crippen LogP contribution >= 0.6 is 0 Å². The van der Waals surface area contributed by atoms with Gasteiger partial charge >= 0.3 is 0 Å². The van der Waals surface area contributed by atoms with Gasteiger partial charge in [-0.3, -0.25) is 0 Å². The minimum atomic E-state index is -1.01. The Bertz CT molecular complexity index is 2190. The molecule has 0 aliphatic rings. The zero-order chi connectivity index (χ0) is 26.8. The van der Waals surface area contributed by atoms with Crippen LogP contribution in [0.2, 0.25) is 0 Å². The molecule has 0 amide bonds. The van der Waals surface area contributed by atoms with Crippen LogP contribution in [-0.4, -0.2) is 9.13 Å². The van der Waals surface area contributed by atoms with Crippen LogP contribution in [0.25, 0.3) is 55.0 Å². The summed E-state index contributed by atoms with van der Waals surface area (Å²) in [5.74, 6) is -3.02. The van der Waals surface area contributed by atoms with Gasteiger partial charge in [0.2, 0.25) is 0 Å². The van der Waals surface area contributed by atoms with E-state index in [1.165, 1.54) is 4.57 Å². The van der Waals surface area contributed by atoms with Gasteiger partial charge in [0.05, 0.1) is 38.9 Å². The minimum Gasteiger partial charge on any atom is -0.307 e. The van der Waals surface area contributed by atoms with Gasteiger partial charge in [-0.15, -0.1) is 0 Å². The molecule has 2 heterocycles. The second kappa shape index (κ2) is 8.24. The standard InChI is InChI=1S/C32H15F3N4/c33-20-14-23(34)32(24(35)15-20)39-26-11-4-2-9-22(26)30-28(39)13-12-27-29(30)21-8-1-3-10-25(21)38(27)31-18(16-36)6-5-7-19(31)17-37/h1-15H. The first-order valence-electron chi connectivity index (χ1n) is 12.1. The zero-order valence-electron chi connectivity index (χ0n) is 20.1. The average Bonchev–Trinajstić information content (AvgIpc) is 3.45. The Hall–Kier alpha value is -5.53. The van der Waals surface area contributed by atoms with Crippen molar-refractivity contribution in [2.24, 2.45) is 0 Å². The van der Waals surface area contributed by atoms with Gasteiger partial charge in [-0.05, 0) is 36.4 Å². The van der Waals surface area contributed by atoms with E-state index < -0.39 is 17.5 Å². The van der Waals surface area contributed by atoms with Crippen molar-refractivity contribution in [2.75, 3.05) is 0 Å². The highest BCUT2D eigenvalue weighted by atomic mass is 19.1. The molecule has 184 valence electrons. The maximum Gasteiger partial charge on any atom is 0.153 e. The molecule has 0 saturated heterocycles. The third-order valence-electron chi connectivity index (χ3n) is 7.18. The van der Waals surface area contributed by atoms with E-state index in [9.17, 15) is 14.9 Å². The lowest BCUT2D eigenvalue weighted by Crippen LogP contribution is -2.03.